The summed E-state index contributed by atoms with van der Waals surface area (Å²) in [6.45, 7) is 0. The Morgan fingerprint density at radius 3 is 2.61 bits per heavy atom. The second kappa shape index (κ2) is 4.95. The highest BCUT2D eigenvalue weighted by molar-refractivity contribution is 6.42. The van der Waals surface area contributed by atoms with Gasteiger partial charge in [0.05, 0.1) is 10.0 Å². The zero-order valence-electron chi connectivity index (χ0n) is 10.00. The number of fused-ring (bicyclic) bond motifs is 1. The van der Waals surface area contributed by atoms with Crippen LogP contribution in [0.25, 0.3) is 0 Å². The fraction of sp³-hybridized carbons (Fsp3) is 0.250. The van der Waals surface area contributed by atoms with Crippen LogP contribution in [0.1, 0.15) is 35.4 Å². The third kappa shape index (κ3) is 2.15. The first-order valence-electron chi connectivity index (χ1n) is 6.28. The van der Waals surface area contributed by atoms with Crippen molar-refractivity contribution in [2.75, 3.05) is 0 Å². The molecule has 1 aliphatic carbocycles. The van der Waals surface area contributed by atoms with Gasteiger partial charge in [0.2, 0.25) is 0 Å². The molecule has 0 spiro atoms. The van der Waals surface area contributed by atoms with Gasteiger partial charge < -0.3 is 0 Å². The van der Waals surface area contributed by atoms with E-state index in [9.17, 15) is 0 Å². The molecule has 18 heavy (non-hydrogen) atoms. The van der Waals surface area contributed by atoms with Gasteiger partial charge in [0.25, 0.3) is 0 Å². The Labute approximate surface area is 118 Å². The van der Waals surface area contributed by atoms with Crippen molar-refractivity contribution in [2.24, 2.45) is 0 Å². The Kier molecular flexibility index (Phi) is 3.32. The lowest BCUT2D eigenvalue weighted by atomic mass is 9.79. The average Bonchev–Trinajstić information content (AvgIpc) is 2.41. The van der Waals surface area contributed by atoms with E-state index < -0.39 is 0 Å². The monoisotopic (exact) mass is 276 g/mol. The van der Waals surface area contributed by atoms with Crippen molar-refractivity contribution in [1.82, 2.24) is 0 Å². The van der Waals surface area contributed by atoms with Crippen molar-refractivity contribution in [3.63, 3.8) is 0 Å². The molecule has 3 rings (SSSR count). The maximum atomic E-state index is 6.13. The van der Waals surface area contributed by atoms with Gasteiger partial charge in [0, 0.05) is 5.92 Å². The van der Waals surface area contributed by atoms with Gasteiger partial charge in [0.1, 0.15) is 0 Å². The molecular formula is C16H14Cl2. The van der Waals surface area contributed by atoms with Crippen LogP contribution in [0.3, 0.4) is 0 Å². The van der Waals surface area contributed by atoms with E-state index in [1.807, 2.05) is 12.1 Å². The summed E-state index contributed by atoms with van der Waals surface area (Å²) in [7, 11) is 0. The quantitative estimate of drug-likeness (QED) is 0.649. The van der Waals surface area contributed by atoms with Crippen LogP contribution in [0.2, 0.25) is 10.0 Å². The summed E-state index contributed by atoms with van der Waals surface area (Å²) in [6.07, 6.45) is 3.62. The first-order chi connectivity index (χ1) is 8.75. The summed E-state index contributed by atoms with van der Waals surface area (Å²) in [5, 5.41) is 1.28. The molecule has 1 unspecified atom stereocenters. The summed E-state index contributed by atoms with van der Waals surface area (Å²) >= 11 is 12.1. The highest BCUT2D eigenvalue weighted by atomic mass is 35.5. The number of hydrogen-bond donors (Lipinski definition) is 0. The van der Waals surface area contributed by atoms with Crippen LogP contribution >= 0.6 is 23.2 Å². The Morgan fingerprint density at radius 2 is 1.78 bits per heavy atom. The number of rotatable bonds is 1. The van der Waals surface area contributed by atoms with Gasteiger partial charge in [-0.2, -0.15) is 0 Å². The van der Waals surface area contributed by atoms with E-state index in [1.165, 1.54) is 36.0 Å². The first-order valence-corrected chi connectivity index (χ1v) is 7.04. The topological polar surface area (TPSA) is 0 Å². The van der Waals surface area contributed by atoms with Crippen LogP contribution in [0.4, 0.5) is 0 Å². The molecule has 0 heterocycles. The Balaban J connectivity index is 2.05. The maximum absolute atomic E-state index is 6.13. The summed E-state index contributed by atoms with van der Waals surface area (Å²) in [5.74, 6) is 0.463. The Morgan fingerprint density at radius 1 is 0.944 bits per heavy atom. The van der Waals surface area contributed by atoms with Crippen LogP contribution in [0.5, 0.6) is 0 Å². The minimum Gasteiger partial charge on any atom is -0.0827 e. The molecule has 0 bridgehead atoms. The predicted octanol–water partition coefficient (Wildman–Crippen LogP) is 5.46. The fourth-order valence-electron chi connectivity index (χ4n) is 2.83. The molecular weight excluding hydrogens is 263 g/mol. The molecule has 0 N–H and O–H groups in total. The lowest BCUT2D eigenvalue weighted by molar-refractivity contribution is 0.616. The van der Waals surface area contributed by atoms with Crippen molar-refractivity contribution < 1.29 is 0 Å². The van der Waals surface area contributed by atoms with Crippen LogP contribution in [-0.2, 0) is 6.42 Å². The molecule has 0 radical (unpaired) electrons. The van der Waals surface area contributed by atoms with Crippen molar-refractivity contribution in [3.8, 4) is 0 Å². The van der Waals surface area contributed by atoms with Crippen LogP contribution < -0.4 is 0 Å². The average molecular weight is 277 g/mol. The molecule has 2 aromatic rings. The van der Waals surface area contributed by atoms with E-state index >= 15 is 0 Å². The highest BCUT2D eigenvalue weighted by Crippen LogP contribution is 2.38. The molecule has 1 aliphatic rings. The minimum absolute atomic E-state index is 0.463. The summed E-state index contributed by atoms with van der Waals surface area (Å²) in [6, 6.07) is 14.7. The van der Waals surface area contributed by atoms with Crippen LogP contribution in [0.15, 0.2) is 42.5 Å². The molecule has 2 aromatic carbocycles. The van der Waals surface area contributed by atoms with Gasteiger partial charge in [-0.3, -0.25) is 0 Å². The first kappa shape index (κ1) is 12.1. The second-order valence-electron chi connectivity index (χ2n) is 4.82. The Bertz CT molecular complexity index is 575. The number of benzene rings is 2. The van der Waals surface area contributed by atoms with Crippen molar-refractivity contribution >= 4 is 23.2 Å². The lowest BCUT2D eigenvalue weighted by Gasteiger charge is -2.26. The molecule has 0 fully saturated rings. The lowest BCUT2D eigenvalue weighted by Crippen LogP contribution is -2.10. The molecule has 92 valence electrons. The molecule has 0 nitrogen and oxygen atoms in total. The van der Waals surface area contributed by atoms with Crippen molar-refractivity contribution in [1.29, 1.82) is 0 Å². The molecule has 0 aromatic heterocycles. The SMILES string of the molecule is Clc1ccc(C2CCCc3ccccc32)cc1Cl. The number of aryl methyl sites for hydroxylation is 1. The normalized spacial score (nSPS) is 18.4. The smallest absolute Gasteiger partial charge is 0.0595 e. The minimum atomic E-state index is 0.463. The maximum Gasteiger partial charge on any atom is 0.0595 e. The molecule has 0 aliphatic heterocycles. The van der Waals surface area contributed by atoms with E-state index in [2.05, 4.69) is 30.3 Å². The van der Waals surface area contributed by atoms with Gasteiger partial charge in [-0.1, -0.05) is 53.5 Å². The van der Waals surface area contributed by atoms with Crippen LogP contribution in [-0.4, -0.2) is 0 Å². The standard InChI is InChI=1S/C16H14Cl2/c17-15-9-8-12(10-16(15)18)14-7-3-5-11-4-1-2-6-13(11)14/h1-2,4,6,8-10,14H,3,5,7H2. The van der Waals surface area contributed by atoms with E-state index in [0.717, 1.165) is 0 Å². The van der Waals surface area contributed by atoms with Gasteiger partial charge in [-0.25, -0.2) is 0 Å². The molecule has 0 saturated carbocycles. The van der Waals surface area contributed by atoms with Crippen molar-refractivity contribution in [3.05, 3.63) is 69.2 Å². The van der Waals surface area contributed by atoms with Crippen molar-refractivity contribution in [2.45, 2.75) is 25.2 Å². The third-order valence-electron chi connectivity index (χ3n) is 3.72. The predicted molar refractivity (Wildman–Crippen MR) is 77.7 cm³/mol. The number of hydrogen-bond acceptors (Lipinski definition) is 0. The summed E-state index contributed by atoms with van der Waals surface area (Å²) in [4.78, 5) is 0. The fourth-order valence-corrected chi connectivity index (χ4v) is 3.14. The number of halogens is 2. The zero-order chi connectivity index (χ0) is 12.5. The van der Waals surface area contributed by atoms with E-state index in [-0.39, 0.29) is 0 Å². The van der Waals surface area contributed by atoms with Gasteiger partial charge >= 0.3 is 0 Å². The molecule has 1 atom stereocenters. The zero-order valence-corrected chi connectivity index (χ0v) is 11.5. The largest absolute Gasteiger partial charge is 0.0827 e. The van der Waals surface area contributed by atoms with Gasteiger partial charge in [-0.05, 0) is 48.1 Å². The van der Waals surface area contributed by atoms with E-state index in [0.29, 0.717) is 16.0 Å². The summed E-state index contributed by atoms with van der Waals surface area (Å²) < 4.78 is 0. The van der Waals surface area contributed by atoms with Gasteiger partial charge in [0.15, 0.2) is 0 Å². The Hall–Kier alpha value is -0.980. The van der Waals surface area contributed by atoms with E-state index in [1.54, 1.807) is 0 Å². The molecule has 2 heteroatoms. The van der Waals surface area contributed by atoms with Gasteiger partial charge in [-0.15, -0.1) is 0 Å². The highest BCUT2D eigenvalue weighted by Gasteiger charge is 2.21. The molecule has 0 saturated heterocycles. The second-order valence-corrected chi connectivity index (χ2v) is 5.63. The molecule has 0 amide bonds. The van der Waals surface area contributed by atoms with E-state index in [4.69, 9.17) is 23.2 Å². The summed E-state index contributed by atoms with van der Waals surface area (Å²) in [5.41, 5.74) is 4.19. The third-order valence-corrected chi connectivity index (χ3v) is 4.45. The van der Waals surface area contributed by atoms with Crippen LogP contribution in [0, 0.1) is 0 Å².